The first-order valence-corrected chi connectivity index (χ1v) is 12.7. The summed E-state index contributed by atoms with van der Waals surface area (Å²) in [4.78, 5) is 15.0. The van der Waals surface area contributed by atoms with Gasteiger partial charge in [-0.1, -0.05) is 30.3 Å². The molecule has 0 bridgehead atoms. The number of sulfonamides is 1. The molecule has 1 aliphatic heterocycles. The smallest absolute Gasteiger partial charge is 0.273 e. The first-order valence-electron chi connectivity index (χ1n) is 10.4. The van der Waals surface area contributed by atoms with E-state index in [4.69, 9.17) is 4.74 Å². The second-order valence-electron chi connectivity index (χ2n) is 7.37. The number of hydrogen-bond acceptors (Lipinski definition) is 7. The van der Waals surface area contributed by atoms with Crippen molar-refractivity contribution >= 4 is 44.4 Å². The van der Waals surface area contributed by atoms with Gasteiger partial charge in [0.1, 0.15) is 4.21 Å². The van der Waals surface area contributed by atoms with Crippen molar-refractivity contribution in [3.63, 3.8) is 0 Å². The zero-order valence-corrected chi connectivity index (χ0v) is 19.7. The Morgan fingerprint density at radius 2 is 1.76 bits per heavy atom. The summed E-state index contributed by atoms with van der Waals surface area (Å²) in [5, 5.41) is 5.89. The zero-order valence-electron chi connectivity index (χ0n) is 18.0. The molecule has 1 aromatic heterocycles. The molecule has 0 radical (unpaired) electrons. The molecule has 2 N–H and O–H groups in total. The number of para-hydroxylation sites is 1. The number of nitrogens with one attached hydrogen (secondary N) is 2. The number of ether oxygens (including phenoxy) is 1. The van der Waals surface area contributed by atoms with E-state index in [1.54, 1.807) is 42.6 Å². The number of hydrogen-bond donors (Lipinski definition) is 2. The molecular formula is C23H24N4O4S2. The van der Waals surface area contributed by atoms with Crippen LogP contribution in [0.1, 0.15) is 22.8 Å². The number of amides is 1. The van der Waals surface area contributed by atoms with Crippen LogP contribution in [0.5, 0.6) is 0 Å². The van der Waals surface area contributed by atoms with Gasteiger partial charge in [0.25, 0.3) is 15.9 Å². The molecule has 0 saturated carbocycles. The minimum absolute atomic E-state index is 0.173. The molecule has 0 atom stereocenters. The van der Waals surface area contributed by atoms with Gasteiger partial charge in [-0.2, -0.15) is 5.10 Å². The lowest BCUT2D eigenvalue weighted by molar-refractivity contribution is 0.0955. The summed E-state index contributed by atoms with van der Waals surface area (Å²) in [6.45, 7) is 4.96. The average molecular weight is 485 g/mol. The highest BCUT2D eigenvalue weighted by molar-refractivity contribution is 7.94. The number of nitrogens with zero attached hydrogens (tertiary/aromatic N) is 2. The Morgan fingerprint density at radius 1 is 1.03 bits per heavy atom. The van der Waals surface area contributed by atoms with Crippen molar-refractivity contribution in [1.82, 2.24) is 5.43 Å². The van der Waals surface area contributed by atoms with E-state index in [2.05, 4.69) is 20.1 Å². The molecule has 0 aliphatic carbocycles. The number of anilines is 2. The fourth-order valence-corrected chi connectivity index (χ4v) is 5.45. The molecule has 0 spiro atoms. The molecule has 33 heavy (non-hydrogen) atoms. The van der Waals surface area contributed by atoms with E-state index in [-0.39, 0.29) is 15.5 Å². The number of hydrazone groups is 1. The molecule has 1 aliphatic rings. The normalized spacial score (nSPS) is 14.7. The predicted octanol–water partition coefficient (Wildman–Crippen LogP) is 3.54. The Hall–Kier alpha value is -3.21. The topological polar surface area (TPSA) is 100 Å². The highest BCUT2D eigenvalue weighted by Gasteiger charge is 2.19. The summed E-state index contributed by atoms with van der Waals surface area (Å²) in [6.07, 6.45) is 0. The van der Waals surface area contributed by atoms with Gasteiger partial charge in [0, 0.05) is 18.8 Å². The van der Waals surface area contributed by atoms with Gasteiger partial charge in [-0.05, 0) is 48.2 Å². The Balaban J connectivity index is 1.45. The molecule has 2 heterocycles. The summed E-state index contributed by atoms with van der Waals surface area (Å²) in [5.41, 5.74) is 5.51. The highest BCUT2D eigenvalue weighted by Crippen LogP contribution is 2.23. The van der Waals surface area contributed by atoms with Crippen LogP contribution in [0, 0.1) is 0 Å². The molecule has 0 unspecified atom stereocenters. The standard InChI is InChI=1S/C23H24N4O4S2/c1-17(18-8-10-19(11-9-18)27-12-14-31-15-13-27)24-25-23(28)20-5-2-3-6-21(20)26-33(29,30)22-7-4-16-32-22/h2-11,16,26H,12-15H2,1H3,(H,25,28)/b24-17-. The van der Waals surface area contributed by atoms with Crippen LogP contribution in [-0.4, -0.2) is 46.3 Å². The third-order valence-corrected chi connectivity index (χ3v) is 7.93. The van der Waals surface area contributed by atoms with E-state index in [0.717, 1.165) is 48.9 Å². The molecule has 2 aromatic carbocycles. The minimum atomic E-state index is -3.77. The van der Waals surface area contributed by atoms with Crippen LogP contribution in [-0.2, 0) is 14.8 Å². The summed E-state index contributed by atoms with van der Waals surface area (Å²) < 4.78 is 33.2. The van der Waals surface area contributed by atoms with Gasteiger partial charge in [0.05, 0.1) is 30.2 Å². The lowest BCUT2D eigenvalue weighted by Gasteiger charge is -2.28. The van der Waals surface area contributed by atoms with Crippen LogP contribution in [0.25, 0.3) is 0 Å². The van der Waals surface area contributed by atoms with Crippen molar-refractivity contribution in [3.8, 4) is 0 Å². The lowest BCUT2D eigenvalue weighted by Crippen LogP contribution is -2.36. The van der Waals surface area contributed by atoms with Crippen molar-refractivity contribution in [2.75, 3.05) is 35.9 Å². The largest absolute Gasteiger partial charge is 0.378 e. The summed E-state index contributed by atoms with van der Waals surface area (Å²) in [6, 6.07) is 17.5. The Bertz CT molecular complexity index is 1230. The van der Waals surface area contributed by atoms with Gasteiger partial charge >= 0.3 is 0 Å². The summed E-state index contributed by atoms with van der Waals surface area (Å²) >= 11 is 1.10. The maximum atomic E-state index is 12.8. The van der Waals surface area contributed by atoms with Crippen LogP contribution >= 0.6 is 11.3 Å². The average Bonchev–Trinajstić information content (AvgIpc) is 3.39. The Morgan fingerprint density at radius 3 is 2.45 bits per heavy atom. The summed E-state index contributed by atoms with van der Waals surface area (Å²) in [7, 11) is -3.77. The number of morpholine rings is 1. The molecule has 8 nitrogen and oxygen atoms in total. The maximum Gasteiger partial charge on any atom is 0.273 e. The first kappa shape index (κ1) is 23.0. The molecule has 1 fully saturated rings. The first-order chi connectivity index (χ1) is 15.9. The number of rotatable bonds is 7. The van der Waals surface area contributed by atoms with Crippen LogP contribution in [0.4, 0.5) is 11.4 Å². The van der Waals surface area contributed by atoms with Crippen LogP contribution in [0.2, 0.25) is 0 Å². The van der Waals surface area contributed by atoms with Crippen LogP contribution in [0.3, 0.4) is 0 Å². The maximum absolute atomic E-state index is 12.8. The molecule has 1 amide bonds. The van der Waals surface area contributed by atoms with E-state index >= 15 is 0 Å². The Kier molecular flexibility index (Phi) is 7.07. The Labute approximate surface area is 196 Å². The molecule has 3 aromatic rings. The number of thiophene rings is 1. The molecule has 172 valence electrons. The van der Waals surface area contributed by atoms with E-state index in [9.17, 15) is 13.2 Å². The van der Waals surface area contributed by atoms with Gasteiger partial charge in [0.15, 0.2) is 0 Å². The van der Waals surface area contributed by atoms with Crippen LogP contribution < -0.4 is 15.0 Å². The van der Waals surface area contributed by atoms with E-state index in [1.807, 2.05) is 24.3 Å². The third-order valence-electron chi connectivity index (χ3n) is 5.16. The van der Waals surface area contributed by atoms with Crippen molar-refractivity contribution in [2.45, 2.75) is 11.1 Å². The summed E-state index contributed by atoms with van der Waals surface area (Å²) in [5.74, 6) is -0.510. The highest BCUT2D eigenvalue weighted by atomic mass is 32.2. The fourth-order valence-electron chi connectivity index (χ4n) is 3.38. The molecular weight excluding hydrogens is 460 g/mol. The second kappa shape index (κ2) is 10.2. The predicted molar refractivity (Wildman–Crippen MR) is 131 cm³/mol. The molecule has 1 saturated heterocycles. The SMILES string of the molecule is C/C(=N/NC(=O)c1ccccc1NS(=O)(=O)c1cccs1)c1ccc(N2CCOCC2)cc1. The third kappa shape index (κ3) is 5.59. The van der Waals surface area contributed by atoms with E-state index < -0.39 is 15.9 Å². The van der Waals surface area contributed by atoms with Crippen LogP contribution in [0.15, 0.2) is 75.4 Å². The number of carbonyl (C=O) groups excluding carboxylic acids is 1. The van der Waals surface area contributed by atoms with Gasteiger partial charge in [-0.25, -0.2) is 13.8 Å². The molecule has 10 heteroatoms. The van der Waals surface area contributed by atoms with Gasteiger partial charge in [0.2, 0.25) is 0 Å². The number of benzene rings is 2. The van der Waals surface area contributed by atoms with Crippen molar-refractivity contribution < 1.29 is 17.9 Å². The lowest BCUT2D eigenvalue weighted by atomic mass is 10.1. The van der Waals surface area contributed by atoms with Crippen molar-refractivity contribution in [3.05, 3.63) is 77.2 Å². The fraction of sp³-hybridized carbons (Fsp3) is 0.217. The van der Waals surface area contributed by atoms with E-state index in [0.29, 0.717) is 5.71 Å². The van der Waals surface area contributed by atoms with E-state index in [1.165, 1.54) is 6.07 Å². The quantitative estimate of drug-likeness (QED) is 0.395. The number of carbonyl (C=O) groups is 1. The molecule has 4 rings (SSSR count). The zero-order chi connectivity index (χ0) is 23.3. The monoisotopic (exact) mass is 484 g/mol. The van der Waals surface area contributed by atoms with Crippen molar-refractivity contribution in [1.29, 1.82) is 0 Å². The second-order valence-corrected chi connectivity index (χ2v) is 10.2. The van der Waals surface area contributed by atoms with Crippen molar-refractivity contribution in [2.24, 2.45) is 5.10 Å². The van der Waals surface area contributed by atoms with Gasteiger partial charge < -0.3 is 9.64 Å². The minimum Gasteiger partial charge on any atom is -0.378 e. The van der Waals surface area contributed by atoms with Gasteiger partial charge in [-0.15, -0.1) is 11.3 Å². The van der Waals surface area contributed by atoms with Gasteiger partial charge in [-0.3, -0.25) is 9.52 Å².